The number of hydrogen-bond donors (Lipinski definition) is 1. The number of aryl methyl sites for hydroxylation is 2. The van der Waals surface area contributed by atoms with E-state index in [1.54, 1.807) is 12.3 Å². The number of nitrogens with two attached hydrogens (primary N) is 1. The van der Waals surface area contributed by atoms with Gasteiger partial charge in [0, 0.05) is 17.6 Å². The fraction of sp³-hybridized carbons (Fsp3) is 0.333. The van der Waals surface area contributed by atoms with Gasteiger partial charge in [-0.25, -0.2) is 19.9 Å². The van der Waals surface area contributed by atoms with Crippen molar-refractivity contribution in [3.63, 3.8) is 0 Å². The molecule has 0 atom stereocenters. The minimum Gasteiger partial charge on any atom is -0.330 e. The van der Waals surface area contributed by atoms with E-state index in [0.29, 0.717) is 12.4 Å². The van der Waals surface area contributed by atoms with Gasteiger partial charge in [-0.3, -0.25) is 0 Å². The van der Waals surface area contributed by atoms with Gasteiger partial charge in [-0.15, -0.1) is 0 Å². The summed E-state index contributed by atoms with van der Waals surface area (Å²) >= 11 is 0. The van der Waals surface area contributed by atoms with Crippen molar-refractivity contribution < 1.29 is 0 Å². The molecule has 2 heterocycles. The Balaban J connectivity index is 2.46. The quantitative estimate of drug-likeness (QED) is 0.851. The third-order valence-electron chi connectivity index (χ3n) is 2.63. The van der Waals surface area contributed by atoms with E-state index in [-0.39, 0.29) is 0 Å². The Hall–Kier alpha value is -1.88. The van der Waals surface area contributed by atoms with Crippen LogP contribution in [0.3, 0.4) is 0 Å². The van der Waals surface area contributed by atoms with E-state index in [1.165, 1.54) is 6.33 Å². The predicted molar refractivity (Wildman–Crippen MR) is 65.3 cm³/mol. The average molecular weight is 229 g/mol. The van der Waals surface area contributed by atoms with E-state index in [2.05, 4.69) is 19.9 Å². The average Bonchev–Trinajstić information content (AvgIpc) is 2.35. The molecule has 0 fully saturated rings. The van der Waals surface area contributed by atoms with E-state index in [0.717, 1.165) is 29.1 Å². The molecular weight excluding hydrogens is 214 g/mol. The zero-order valence-corrected chi connectivity index (χ0v) is 10.0. The zero-order valence-electron chi connectivity index (χ0n) is 10.0. The molecule has 0 aliphatic heterocycles. The molecule has 2 rings (SSSR count). The summed E-state index contributed by atoms with van der Waals surface area (Å²) in [4.78, 5) is 17.0. The lowest BCUT2D eigenvalue weighted by Gasteiger charge is -2.09. The summed E-state index contributed by atoms with van der Waals surface area (Å²) in [5.74, 6) is 0.642. The molecule has 0 radical (unpaired) electrons. The van der Waals surface area contributed by atoms with Gasteiger partial charge in [-0.2, -0.15) is 0 Å². The molecule has 0 amide bonds. The van der Waals surface area contributed by atoms with Gasteiger partial charge in [-0.1, -0.05) is 0 Å². The molecule has 2 aromatic rings. The summed E-state index contributed by atoms with van der Waals surface area (Å²) in [5, 5.41) is 0. The van der Waals surface area contributed by atoms with Crippen LogP contribution < -0.4 is 5.73 Å². The van der Waals surface area contributed by atoms with Crippen LogP contribution in [-0.2, 0) is 6.42 Å². The molecule has 0 spiro atoms. The van der Waals surface area contributed by atoms with Gasteiger partial charge >= 0.3 is 0 Å². The molecule has 2 N–H and O–H groups in total. The smallest absolute Gasteiger partial charge is 0.178 e. The number of rotatable bonds is 3. The lowest BCUT2D eigenvalue weighted by molar-refractivity contribution is 0.896. The van der Waals surface area contributed by atoms with Gasteiger partial charge in [0.25, 0.3) is 0 Å². The Morgan fingerprint density at radius 1 is 1.18 bits per heavy atom. The largest absolute Gasteiger partial charge is 0.330 e. The molecule has 0 saturated carbocycles. The molecule has 5 nitrogen and oxygen atoms in total. The predicted octanol–water partition coefficient (Wildman–Crippen LogP) is 1.05. The van der Waals surface area contributed by atoms with Crippen molar-refractivity contribution in [1.29, 1.82) is 0 Å². The Kier molecular flexibility index (Phi) is 3.39. The molecule has 0 saturated heterocycles. The van der Waals surface area contributed by atoms with Gasteiger partial charge < -0.3 is 5.73 Å². The highest BCUT2D eigenvalue weighted by molar-refractivity contribution is 5.49. The summed E-state index contributed by atoms with van der Waals surface area (Å²) < 4.78 is 0. The van der Waals surface area contributed by atoms with Crippen molar-refractivity contribution in [1.82, 2.24) is 19.9 Å². The van der Waals surface area contributed by atoms with Crippen LogP contribution in [0.5, 0.6) is 0 Å². The van der Waals surface area contributed by atoms with Crippen LogP contribution in [-0.4, -0.2) is 26.5 Å². The second-order valence-electron chi connectivity index (χ2n) is 3.83. The van der Waals surface area contributed by atoms with Gasteiger partial charge in [0.05, 0.1) is 0 Å². The standard InChI is InChI=1S/C12H15N5/c1-8-10(3-5-13)9(2)17-12(16-8)11-4-6-14-7-15-11/h4,6-7H,3,5,13H2,1-2H3. The van der Waals surface area contributed by atoms with E-state index < -0.39 is 0 Å². The van der Waals surface area contributed by atoms with Gasteiger partial charge in [0.2, 0.25) is 0 Å². The Bertz CT molecular complexity index is 487. The lowest BCUT2D eigenvalue weighted by atomic mass is 10.1. The van der Waals surface area contributed by atoms with Gasteiger partial charge in [-0.05, 0) is 38.4 Å². The highest BCUT2D eigenvalue weighted by Gasteiger charge is 2.09. The van der Waals surface area contributed by atoms with Crippen molar-refractivity contribution in [2.45, 2.75) is 20.3 Å². The van der Waals surface area contributed by atoms with E-state index in [9.17, 15) is 0 Å². The summed E-state index contributed by atoms with van der Waals surface area (Å²) in [6.45, 7) is 4.56. The highest BCUT2D eigenvalue weighted by Crippen LogP contribution is 2.16. The molecular formula is C12H15N5. The maximum Gasteiger partial charge on any atom is 0.178 e. The monoisotopic (exact) mass is 229 g/mol. The molecule has 0 aliphatic rings. The number of aromatic nitrogens is 4. The van der Waals surface area contributed by atoms with Crippen LogP contribution in [0.15, 0.2) is 18.6 Å². The first kappa shape index (κ1) is 11.6. The second kappa shape index (κ2) is 4.97. The topological polar surface area (TPSA) is 77.6 Å². The van der Waals surface area contributed by atoms with E-state index >= 15 is 0 Å². The van der Waals surface area contributed by atoms with Crippen LogP contribution in [0.1, 0.15) is 17.0 Å². The highest BCUT2D eigenvalue weighted by atomic mass is 14.9. The molecule has 17 heavy (non-hydrogen) atoms. The molecule has 0 aromatic carbocycles. The summed E-state index contributed by atoms with van der Waals surface area (Å²) in [6, 6.07) is 1.80. The summed E-state index contributed by atoms with van der Waals surface area (Å²) in [6.07, 6.45) is 3.99. The van der Waals surface area contributed by atoms with Gasteiger partial charge in [0.15, 0.2) is 5.82 Å². The number of nitrogens with zero attached hydrogens (tertiary/aromatic N) is 4. The zero-order chi connectivity index (χ0) is 12.3. The van der Waals surface area contributed by atoms with Crippen LogP contribution >= 0.6 is 0 Å². The molecule has 0 unspecified atom stereocenters. The molecule has 2 aromatic heterocycles. The fourth-order valence-corrected chi connectivity index (χ4v) is 1.78. The maximum absolute atomic E-state index is 5.57. The van der Waals surface area contributed by atoms with Crippen molar-refractivity contribution in [3.05, 3.63) is 35.5 Å². The minimum atomic E-state index is 0.609. The van der Waals surface area contributed by atoms with Crippen LogP contribution in [0, 0.1) is 13.8 Å². The van der Waals surface area contributed by atoms with Crippen molar-refractivity contribution in [2.24, 2.45) is 5.73 Å². The number of hydrogen-bond acceptors (Lipinski definition) is 5. The Morgan fingerprint density at radius 3 is 2.41 bits per heavy atom. The molecule has 0 aliphatic carbocycles. The minimum absolute atomic E-state index is 0.609. The van der Waals surface area contributed by atoms with E-state index in [1.807, 2.05) is 13.8 Å². The first-order chi connectivity index (χ1) is 8.22. The first-order valence-electron chi connectivity index (χ1n) is 5.53. The molecule has 5 heteroatoms. The SMILES string of the molecule is Cc1nc(-c2ccncn2)nc(C)c1CCN. The molecule has 0 bridgehead atoms. The van der Waals surface area contributed by atoms with E-state index in [4.69, 9.17) is 5.73 Å². The first-order valence-corrected chi connectivity index (χ1v) is 5.53. The third-order valence-corrected chi connectivity index (χ3v) is 2.63. The second-order valence-corrected chi connectivity index (χ2v) is 3.83. The Labute approximate surface area is 100 Å². The Morgan fingerprint density at radius 2 is 1.88 bits per heavy atom. The summed E-state index contributed by atoms with van der Waals surface area (Å²) in [5.41, 5.74) is 9.38. The normalized spacial score (nSPS) is 10.5. The van der Waals surface area contributed by atoms with Crippen molar-refractivity contribution in [2.75, 3.05) is 6.54 Å². The maximum atomic E-state index is 5.57. The van der Waals surface area contributed by atoms with Crippen LogP contribution in [0.4, 0.5) is 0 Å². The van der Waals surface area contributed by atoms with Crippen molar-refractivity contribution >= 4 is 0 Å². The molecule has 88 valence electrons. The lowest BCUT2D eigenvalue weighted by Crippen LogP contribution is -2.09. The van der Waals surface area contributed by atoms with Crippen molar-refractivity contribution in [3.8, 4) is 11.5 Å². The van der Waals surface area contributed by atoms with Crippen LogP contribution in [0.2, 0.25) is 0 Å². The van der Waals surface area contributed by atoms with Crippen LogP contribution in [0.25, 0.3) is 11.5 Å². The third kappa shape index (κ3) is 2.45. The summed E-state index contributed by atoms with van der Waals surface area (Å²) in [7, 11) is 0. The van der Waals surface area contributed by atoms with Gasteiger partial charge in [0.1, 0.15) is 12.0 Å². The fourth-order valence-electron chi connectivity index (χ4n) is 1.78.